The average Bonchev–Trinajstić information content (AvgIpc) is 2.32. The van der Waals surface area contributed by atoms with Gasteiger partial charge in [-0.05, 0) is 19.1 Å². The van der Waals surface area contributed by atoms with Crippen LogP contribution in [0.1, 0.15) is 12.6 Å². The van der Waals surface area contributed by atoms with E-state index < -0.39 is 0 Å². The van der Waals surface area contributed by atoms with Gasteiger partial charge in [0, 0.05) is 31.9 Å². The predicted molar refractivity (Wildman–Crippen MR) is 63.8 cm³/mol. The highest BCUT2D eigenvalue weighted by molar-refractivity contribution is 5.92. The zero-order valence-electron chi connectivity index (χ0n) is 9.66. The molecule has 0 saturated carbocycles. The summed E-state index contributed by atoms with van der Waals surface area (Å²) in [6.45, 7) is 2.42. The smallest absolute Gasteiger partial charge is 0.267 e. The fourth-order valence-electron chi connectivity index (χ4n) is 1.33. The third kappa shape index (κ3) is 3.73. The molecule has 1 amide bonds. The van der Waals surface area contributed by atoms with Gasteiger partial charge in [0.05, 0.1) is 5.70 Å². The van der Waals surface area contributed by atoms with Crippen LogP contribution in [0.25, 0.3) is 0 Å². The van der Waals surface area contributed by atoms with Crippen molar-refractivity contribution in [3.05, 3.63) is 41.9 Å². The first-order chi connectivity index (χ1) is 7.77. The minimum Gasteiger partial charge on any atom is -0.384 e. The summed E-state index contributed by atoms with van der Waals surface area (Å²) in [6, 6.07) is 5.76. The van der Waals surface area contributed by atoms with Crippen LogP contribution >= 0.6 is 0 Å². The molecule has 0 aliphatic heterocycles. The van der Waals surface area contributed by atoms with Crippen LogP contribution in [-0.4, -0.2) is 24.5 Å². The van der Waals surface area contributed by atoms with Crippen LogP contribution in [0.3, 0.4) is 0 Å². The van der Waals surface area contributed by atoms with Gasteiger partial charge >= 0.3 is 0 Å². The van der Waals surface area contributed by atoms with Crippen molar-refractivity contribution in [1.29, 1.82) is 0 Å². The topological polar surface area (TPSA) is 54.0 Å². The lowest BCUT2D eigenvalue weighted by molar-refractivity contribution is -0.117. The third-order valence-corrected chi connectivity index (χ3v) is 2.20. The summed E-state index contributed by atoms with van der Waals surface area (Å²) >= 11 is 0. The fraction of sp³-hybridized carbons (Fsp3) is 0.333. The van der Waals surface area contributed by atoms with Crippen molar-refractivity contribution >= 4 is 5.91 Å². The second kappa shape index (κ2) is 6.61. The summed E-state index contributed by atoms with van der Waals surface area (Å²) in [7, 11) is 1.73. The number of pyridine rings is 1. The second-order valence-corrected chi connectivity index (χ2v) is 3.28. The van der Waals surface area contributed by atoms with Crippen molar-refractivity contribution in [1.82, 2.24) is 15.6 Å². The number of allylic oxidation sites excluding steroid dienone is 1. The van der Waals surface area contributed by atoms with Crippen molar-refractivity contribution in [3.63, 3.8) is 0 Å². The van der Waals surface area contributed by atoms with Gasteiger partial charge in [-0.2, -0.15) is 0 Å². The Kier molecular flexibility index (Phi) is 5.05. The van der Waals surface area contributed by atoms with E-state index in [9.17, 15) is 4.79 Å². The van der Waals surface area contributed by atoms with Gasteiger partial charge in [-0.25, -0.2) is 0 Å². The average molecular weight is 219 g/mol. The number of hydrogen-bond acceptors (Lipinski definition) is 3. The van der Waals surface area contributed by atoms with Crippen LogP contribution in [0.4, 0.5) is 0 Å². The van der Waals surface area contributed by atoms with Crippen LogP contribution in [0.5, 0.6) is 0 Å². The number of carbonyl (C=O) groups excluding carboxylic acids is 1. The first-order valence-electron chi connectivity index (χ1n) is 5.30. The third-order valence-electron chi connectivity index (χ3n) is 2.20. The predicted octanol–water partition coefficient (Wildman–Crippen LogP) is 0.863. The molecule has 0 radical (unpaired) electrons. The van der Waals surface area contributed by atoms with E-state index in [0.29, 0.717) is 12.2 Å². The molecule has 1 aromatic rings. The van der Waals surface area contributed by atoms with E-state index in [4.69, 9.17) is 0 Å². The summed E-state index contributed by atoms with van der Waals surface area (Å²) in [5, 5.41) is 5.66. The number of nitrogens with one attached hydrogen (secondary N) is 2. The van der Waals surface area contributed by atoms with Gasteiger partial charge in [0.25, 0.3) is 5.91 Å². The molecule has 0 saturated heterocycles. The van der Waals surface area contributed by atoms with Crippen molar-refractivity contribution in [2.45, 2.75) is 13.3 Å². The Bertz CT molecular complexity index is 360. The number of amides is 1. The zero-order chi connectivity index (χ0) is 11.8. The molecule has 0 bridgehead atoms. The Morgan fingerprint density at radius 1 is 1.50 bits per heavy atom. The van der Waals surface area contributed by atoms with Crippen molar-refractivity contribution < 1.29 is 4.79 Å². The molecule has 0 spiro atoms. The SMILES string of the molecule is C/C=C(\NC)C(=O)NCCc1ccccn1. The molecule has 0 aliphatic rings. The number of aromatic nitrogens is 1. The Balaban J connectivity index is 2.34. The van der Waals surface area contributed by atoms with E-state index in [1.165, 1.54) is 0 Å². The minimum atomic E-state index is -0.0825. The first kappa shape index (κ1) is 12.2. The summed E-state index contributed by atoms with van der Waals surface area (Å²) in [6.07, 6.45) is 4.24. The van der Waals surface area contributed by atoms with E-state index >= 15 is 0 Å². The molecule has 0 aliphatic carbocycles. The van der Waals surface area contributed by atoms with E-state index in [1.54, 1.807) is 19.3 Å². The molecule has 2 N–H and O–H groups in total. The highest BCUT2D eigenvalue weighted by Crippen LogP contribution is 1.94. The van der Waals surface area contributed by atoms with Gasteiger partial charge in [0.15, 0.2) is 0 Å². The highest BCUT2D eigenvalue weighted by Gasteiger charge is 2.04. The van der Waals surface area contributed by atoms with E-state index in [0.717, 1.165) is 12.1 Å². The van der Waals surface area contributed by atoms with Gasteiger partial charge in [-0.3, -0.25) is 9.78 Å². The van der Waals surface area contributed by atoms with Crippen molar-refractivity contribution in [3.8, 4) is 0 Å². The second-order valence-electron chi connectivity index (χ2n) is 3.28. The molecule has 0 unspecified atom stereocenters. The van der Waals surface area contributed by atoms with E-state index in [-0.39, 0.29) is 5.91 Å². The largest absolute Gasteiger partial charge is 0.384 e. The number of carbonyl (C=O) groups is 1. The fourth-order valence-corrected chi connectivity index (χ4v) is 1.33. The van der Waals surface area contributed by atoms with Gasteiger partial charge < -0.3 is 10.6 Å². The van der Waals surface area contributed by atoms with Crippen LogP contribution in [0.2, 0.25) is 0 Å². The molecule has 4 heteroatoms. The highest BCUT2D eigenvalue weighted by atomic mass is 16.2. The number of nitrogens with zero attached hydrogens (tertiary/aromatic N) is 1. The maximum atomic E-state index is 11.5. The Morgan fingerprint density at radius 2 is 2.31 bits per heavy atom. The maximum Gasteiger partial charge on any atom is 0.267 e. The summed E-state index contributed by atoms with van der Waals surface area (Å²) in [5.74, 6) is -0.0825. The summed E-state index contributed by atoms with van der Waals surface area (Å²) in [5.41, 5.74) is 1.57. The zero-order valence-corrected chi connectivity index (χ0v) is 9.66. The molecule has 16 heavy (non-hydrogen) atoms. The van der Waals surface area contributed by atoms with Crippen LogP contribution < -0.4 is 10.6 Å². The van der Waals surface area contributed by atoms with Crippen molar-refractivity contribution in [2.24, 2.45) is 0 Å². The minimum absolute atomic E-state index is 0.0825. The Hall–Kier alpha value is -1.84. The monoisotopic (exact) mass is 219 g/mol. The van der Waals surface area contributed by atoms with Gasteiger partial charge in [-0.15, -0.1) is 0 Å². The lowest BCUT2D eigenvalue weighted by Gasteiger charge is -2.07. The Morgan fingerprint density at radius 3 is 2.88 bits per heavy atom. The van der Waals surface area contributed by atoms with Gasteiger partial charge in [-0.1, -0.05) is 12.1 Å². The van der Waals surface area contributed by atoms with Crippen molar-refractivity contribution in [2.75, 3.05) is 13.6 Å². The molecule has 1 aromatic heterocycles. The molecule has 1 heterocycles. The molecule has 86 valence electrons. The molecular weight excluding hydrogens is 202 g/mol. The molecule has 1 rings (SSSR count). The molecule has 0 atom stereocenters. The normalized spacial score (nSPS) is 11.0. The number of likely N-dealkylation sites (N-methyl/N-ethyl adjacent to an activating group) is 1. The van der Waals surface area contributed by atoms with E-state index in [2.05, 4.69) is 15.6 Å². The van der Waals surface area contributed by atoms with Crippen LogP contribution in [0, 0.1) is 0 Å². The molecule has 0 aromatic carbocycles. The lowest BCUT2D eigenvalue weighted by atomic mass is 10.2. The summed E-state index contributed by atoms with van der Waals surface area (Å²) in [4.78, 5) is 15.7. The molecule has 4 nitrogen and oxygen atoms in total. The van der Waals surface area contributed by atoms with E-state index in [1.807, 2.05) is 25.1 Å². The number of hydrogen-bond donors (Lipinski definition) is 2. The lowest BCUT2D eigenvalue weighted by Crippen LogP contribution is -2.31. The first-order valence-corrected chi connectivity index (χ1v) is 5.30. The van der Waals surface area contributed by atoms with Crippen LogP contribution in [0.15, 0.2) is 36.2 Å². The van der Waals surface area contributed by atoms with Gasteiger partial charge in [0.1, 0.15) is 0 Å². The quantitative estimate of drug-likeness (QED) is 0.722. The number of rotatable bonds is 5. The standard InChI is InChI=1S/C12H17N3O/c1-3-11(13-2)12(16)15-9-7-10-6-4-5-8-14-10/h3-6,8,13H,7,9H2,1-2H3,(H,15,16)/b11-3-. The Labute approximate surface area is 95.8 Å². The molecular formula is C12H17N3O. The summed E-state index contributed by atoms with van der Waals surface area (Å²) < 4.78 is 0. The van der Waals surface area contributed by atoms with Crippen LogP contribution in [-0.2, 0) is 11.2 Å². The molecule has 0 fully saturated rings. The van der Waals surface area contributed by atoms with Gasteiger partial charge in [0.2, 0.25) is 0 Å². The maximum absolute atomic E-state index is 11.5.